The van der Waals surface area contributed by atoms with Crippen molar-refractivity contribution in [2.75, 3.05) is 13.1 Å². The van der Waals surface area contributed by atoms with E-state index in [0.29, 0.717) is 0 Å². The van der Waals surface area contributed by atoms with Crippen LogP contribution < -0.4 is 5.32 Å². The number of nitrogens with zero attached hydrogens (tertiary/aromatic N) is 1. The number of benzene rings is 1. The minimum Gasteiger partial charge on any atom is -0.317 e. The van der Waals surface area contributed by atoms with Crippen molar-refractivity contribution in [3.8, 4) is 0 Å². The molecule has 5 heteroatoms. The highest BCUT2D eigenvalue weighted by Crippen LogP contribution is 2.44. The van der Waals surface area contributed by atoms with Crippen molar-refractivity contribution in [1.82, 2.24) is 5.32 Å². The van der Waals surface area contributed by atoms with E-state index >= 15 is 0 Å². The lowest BCUT2D eigenvalue weighted by molar-refractivity contribution is 0.306. The third-order valence-electron chi connectivity index (χ3n) is 4.61. The first-order valence-corrected chi connectivity index (χ1v) is 8.93. The van der Waals surface area contributed by atoms with Crippen molar-refractivity contribution >= 4 is 16.7 Å². The van der Waals surface area contributed by atoms with Crippen molar-refractivity contribution in [1.29, 1.82) is 0 Å². The molecule has 0 aromatic heterocycles. The first-order valence-electron chi connectivity index (χ1n) is 7.83. The lowest BCUT2D eigenvalue weighted by atomic mass is 9.75. The Morgan fingerprint density at radius 1 is 1.27 bits per heavy atom. The fourth-order valence-corrected chi connectivity index (χ4v) is 4.09. The van der Waals surface area contributed by atoms with Crippen molar-refractivity contribution in [3.63, 3.8) is 0 Å². The van der Waals surface area contributed by atoms with Gasteiger partial charge in [-0.2, -0.15) is 4.40 Å². The molecule has 120 valence electrons. The van der Waals surface area contributed by atoms with Gasteiger partial charge in [0.25, 0.3) is 0 Å². The van der Waals surface area contributed by atoms with E-state index < -0.39 is 11.0 Å². The minimum absolute atomic E-state index is 0.0811. The van der Waals surface area contributed by atoms with Gasteiger partial charge in [-0.3, -0.25) is 0 Å². The molecule has 1 N–H and O–H groups in total. The van der Waals surface area contributed by atoms with Crippen LogP contribution in [-0.4, -0.2) is 27.8 Å². The van der Waals surface area contributed by atoms with Gasteiger partial charge in [-0.15, -0.1) is 0 Å². The maximum Gasteiger partial charge on any atom is 0.145 e. The molecule has 1 spiro atoms. The molecule has 1 aromatic carbocycles. The summed E-state index contributed by atoms with van der Waals surface area (Å²) in [5.41, 5.74) is 2.84. The summed E-state index contributed by atoms with van der Waals surface area (Å²) in [7, 11) is -1.29. The lowest BCUT2D eigenvalue weighted by Crippen LogP contribution is -2.41. The maximum atomic E-state index is 13.6. The highest BCUT2D eigenvalue weighted by Gasteiger charge is 2.44. The summed E-state index contributed by atoms with van der Waals surface area (Å²) in [5, 5.41) is 3.37. The Morgan fingerprint density at radius 3 is 2.59 bits per heavy atom. The van der Waals surface area contributed by atoms with Gasteiger partial charge in [-0.25, -0.2) is 8.60 Å². The summed E-state index contributed by atoms with van der Waals surface area (Å²) in [6.45, 7) is 7.66. The van der Waals surface area contributed by atoms with Crippen molar-refractivity contribution < 1.29 is 8.60 Å². The molecule has 3 nitrogen and oxygen atoms in total. The predicted octanol–water partition coefficient (Wildman–Crippen LogP) is 3.00. The van der Waals surface area contributed by atoms with Crippen LogP contribution in [0.3, 0.4) is 0 Å². The molecule has 1 fully saturated rings. The number of hydrogen-bond donors (Lipinski definition) is 1. The molecule has 1 atom stereocenters. The first kappa shape index (κ1) is 15.8. The monoisotopic (exact) mass is 322 g/mol. The van der Waals surface area contributed by atoms with Gasteiger partial charge in [-0.05, 0) is 76.9 Å². The van der Waals surface area contributed by atoms with Crippen LogP contribution >= 0.6 is 0 Å². The van der Waals surface area contributed by atoms with E-state index in [1.807, 2.05) is 20.8 Å². The van der Waals surface area contributed by atoms with Crippen LogP contribution in [0.2, 0.25) is 0 Å². The Hall–Kier alpha value is -1.07. The minimum atomic E-state index is -1.29. The fourth-order valence-electron chi connectivity index (χ4n) is 3.36. The van der Waals surface area contributed by atoms with E-state index in [9.17, 15) is 8.60 Å². The van der Waals surface area contributed by atoms with Crippen molar-refractivity contribution in [2.24, 2.45) is 9.81 Å². The summed E-state index contributed by atoms with van der Waals surface area (Å²) in [5.74, 6) is -0.207. The van der Waals surface area contributed by atoms with Gasteiger partial charge in [0.1, 0.15) is 16.8 Å². The second-order valence-electron chi connectivity index (χ2n) is 7.31. The molecule has 1 aromatic rings. The Balaban J connectivity index is 2.09. The quantitative estimate of drug-likeness (QED) is 0.863. The van der Waals surface area contributed by atoms with E-state index in [4.69, 9.17) is 0 Å². The molecule has 1 aliphatic carbocycles. The number of piperidine rings is 1. The molecular formula is C17H23FN2OS. The highest BCUT2D eigenvalue weighted by atomic mass is 32.2. The summed E-state index contributed by atoms with van der Waals surface area (Å²) in [6.07, 6.45) is 2.73. The van der Waals surface area contributed by atoms with Gasteiger partial charge in [0.15, 0.2) is 0 Å². The molecule has 0 radical (unpaired) electrons. The van der Waals surface area contributed by atoms with Crippen LogP contribution in [0.5, 0.6) is 0 Å². The van der Waals surface area contributed by atoms with Gasteiger partial charge in [0.05, 0.1) is 10.5 Å². The standard InChI is InChI=1S/C17H23FN2OS/c1-16(2,3)22(21)20-15-14-5-4-13(18)10-12(14)11-17(15)6-8-19-9-7-17/h4-5,10,19H,6-9,11H2,1-3H3/b20-15+/t22-/m1/s1. The molecular weight excluding hydrogens is 299 g/mol. The third kappa shape index (κ3) is 2.76. The van der Waals surface area contributed by atoms with E-state index in [0.717, 1.165) is 49.2 Å². The maximum absolute atomic E-state index is 13.6. The largest absolute Gasteiger partial charge is 0.317 e. The Bertz CT molecular complexity index is 643. The highest BCUT2D eigenvalue weighted by molar-refractivity contribution is 7.85. The second kappa shape index (κ2) is 5.53. The van der Waals surface area contributed by atoms with E-state index in [1.165, 1.54) is 6.07 Å². The molecule has 1 saturated heterocycles. The van der Waals surface area contributed by atoms with Gasteiger partial charge in [-0.1, -0.05) is 0 Å². The molecule has 0 saturated carbocycles. The first-order chi connectivity index (χ1) is 10.3. The molecule has 0 bridgehead atoms. The Labute approximate surface area is 134 Å². The van der Waals surface area contributed by atoms with Crippen LogP contribution in [-0.2, 0) is 17.4 Å². The van der Waals surface area contributed by atoms with Crippen LogP contribution in [0.4, 0.5) is 4.39 Å². The molecule has 1 heterocycles. The van der Waals surface area contributed by atoms with Gasteiger partial charge >= 0.3 is 0 Å². The summed E-state index contributed by atoms with van der Waals surface area (Å²) in [6, 6.07) is 4.90. The average molecular weight is 322 g/mol. The normalized spacial score (nSPS) is 23.7. The number of fused-ring (bicyclic) bond motifs is 1. The number of hydrogen-bond acceptors (Lipinski definition) is 2. The lowest BCUT2D eigenvalue weighted by Gasteiger charge is -2.34. The number of rotatable bonds is 1. The summed E-state index contributed by atoms with van der Waals surface area (Å²) >= 11 is 0. The van der Waals surface area contributed by atoms with Gasteiger partial charge in [0.2, 0.25) is 0 Å². The fraction of sp³-hybridized carbons (Fsp3) is 0.588. The SMILES string of the molecule is CC(C)(C)[S@@](=O)/N=C1\c2ccc(F)cc2CC12CCNCC2. The molecule has 0 amide bonds. The average Bonchev–Trinajstić information content (AvgIpc) is 2.71. The Morgan fingerprint density at radius 2 is 1.95 bits per heavy atom. The van der Waals surface area contributed by atoms with E-state index in [1.54, 1.807) is 12.1 Å². The molecule has 1 aliphatic heterocycles. The zero-order valence-electron chi connectivity index (χ0n) is 13.4. The van der Waals surface area contributed by atoms with Crippen LogP contribution in [0.1, 0.15) is 44.7 Å². The topological polar surface area (TPSA) is 41.5 Å². The molecule has 2 aliphatic rings. The zero-order valence-corrected chi connectivity index (χ0v) is 14.2. The van der Waals surface area contributed by atoms with Gasteiger partial charge < -0.3 is 5.32 Å². The molecule has 3 rings (SSSR count). The number of halogens is 1. The van der Waals surface area contributed by atoms with E-state index in [-0.39, 0.29) is 16.0 Å². The predicted molar refractivity (Wildman–Crippen MR) is 89.1 cm³/mol. The van der Waals surface area contributed by atoms with Crippen molar-refractivity contribution in [2.45, 2.75) is 44.8 Å². The third-order valence-corrected chi connectivity index (χ3v) is 6.01. The smallest absolute Gasteiger partial charge is 0.145 e. The number of nitrogens with one attached hydrogen (secondary N) is 1. The van der Waals surface area contributed by atoms with Crippen LogP contribution in [0, 0.1) is 11.2 Å². The second-order valence-corrected chi connectivity index (χ2v) is 9.22. The van der Waals surface area contributed by atoms with E-state index in [2.05, 4.69) is 9.71 Å². The molecule has 0 unspecified atom stereocenters. The molecule has 22 heavy (non-hydrogen) atoms. The Kier molecular flexibility index (Phi) is 3.98. The summed E-state index contributed by atoms with van der Waals surface area (Å²) in [4.78, 5) is 0. The van der Waals surface area contributed by atoms with Crippen LogP contribution in [0.25, 0.3) is 0 Å². The van der Waals surface area contributed by atoms with Crippen molar-refractivity contribution in [3.05, 3.63) is 35.1 Å². The van der Waals surface area contributed by atoms with Gasteiger partial charge in [0, 0.05) is 11.0 Å². The summed E-state index contributed by atoms with van der Waals surface area (Å²) < 4.78 is 30.4. The van der Waals surface area contributed by atoms with Crippen LogP contribution in [0.15, 0.2) is 22.6 Å². The zero-order chi connectivity index (χ0) is 16.0.